The normalized spacial score (nSPS) is 14.0. The Labute approximate surface area is 107 Å². The van der Waals surface area contributed by atoms with Gasteiger partial charge in [-0.25, -0.2) is 0 Å². The minimum atomic E-state index is -0.413. The van der Waals surface area contributed by atoms with Crippen molar-refractivity contribution in [3.05, 3.63) is 12.7 Å². The fraction of sp³-hybridized carbons (Fsp3) is 0.786. The molecule has 98 valence electrons. The molecule has 0 saturated carbocycles. The van der Waals surface area contributed by atoms with Gasteiger partial charge in [0.1, 0.15) is 12.9 Å². The lowest BCUT2D eigenvalue weighted by Crippen LogP contribution is -2.34. The number of carbonyl (C=O) groups excluding carboxylic acids is 1. The summed E-state index contributed by atoms with van der Waals surface area (Å²) in [7, 11) is 0.992. The van der Waals surface area contributed by atoms with Crippen molar-refractivity contribution < 1.29 is 9.53 Å². The molecular formula is C14H27BO2. The second-order valence-corrected chi connectivity index (χ2v) is 6.33. The smallest absolute Gasteiger partial charge is 0.311 e. The SMILES string of the molecule is C=CC(BCC(C)(C)C(=O)OC(C)(C)C)CC. The number of ether oxygens (including phenoxy) is 1. The molecule has 0 N–H and O–H groups in total. The summed E-state index contributed by atoms with van der Waals surface area (Å²) in [6.07, 6.45) is 3.89. The molecule has 0 aromatic carbocycles. The molecule has 1 atom stereocenters. The Balaban J connectivity index is 4.36. The Morgan fingerprint density at radius 3 is 2.24 bits per heavy atom. The number of rotatable bonds is 6. The van der Waals surface area contributed by atoms with Crippen molar-refractivity contribution >= 4 is 13.2 Å². The largest absolute Gasteiger partial charge is 0.460 e. The zero-order chi connectivity index (χ0) is 13.7. The van der Waals surface area contributed by atoms with Crippen LogP contribution >= 0.6 is 0 Å². The zero-order valence-electron chi connectivity index (χ0n) is 12.3. The first-order valence-corrected chi connectivity index (χ1v) is 6.48. The van der Waals surface area contributed by atoms with Crippen molar-refractivity contribution in [2.45, 2.75) is 65.7 Å². The van der Waals surface area contributed by atoms with Gasteiger partial charge >= 0.3 is 5.97 Å². The molecule has 0 rings (SSSR count). The maximum Gasteiger partial charge on any atom is 0.311 e. The van der Waals surface area contributed by atoms with Crippen LogP contribution in [0, 0.1) is 5.41 Å². The first-order chi connectivity index (χ1) is 7.62. The number of hydrogen-bond donors (Lipinski definition) is 0. The Morgan fingerprint density at radius 1 is 1.35 bits per heavy atom. The van der Waals surface area contributed by atoms with Gasteiger partial charge in [-0.05, 0) is 26.6 Å². The van der Waals surface area contributed by atoms with Crippen LogP contribution in [0.25, 0.3) is 0 Å². The van der Waals surface area contributed by atoms with E-state index < -0.39 is 11.0 Å². The van der Waals surface area contributed by atoms with E-state index in [2.05, 4.69) is 13.5 Å². The van der Waals surface area contributed by atoms with Gasteiger partial charge in [0.2, 0.25) is 0 Å². The fourth-order valence-corrected chi connectivity index (χ4v) is 1.55. The van der Waals surface area contributed by atoms with E-state index in [-0.39, 0.29) is 5.97 Å². The maximum atomic E-state index is 12.0. The van der Waals surface area contributed by atoms with Gasteiger partial charge in [-0.15, -0.1) is 6.58 Å². The van der Waals surface area contributed by atoms with Crippen LogP contribution in [-0.2, 0) is 9.53 Å². The van der Waals surface area contributed by atoms with Crippen molar-refractivity contribution in [2.24, 2.45) is 5.41 Å². The van der Waals surface area contributed by atoms with E-state index in [1.807, 2.05) is 40.7 Å². The molecule has 0 radical (unpaired) electrons. The summed E-state index contributed by atoms with van der Waals surface area (Å²) >= 11 is 0. The molecular weight excluding hydrogens is 211 g/mol. The third-order valence-electron chi connectivity index (χ3n) is 2.95. The first-order valence-electron chi connectivity index (χ1n) is 6.48. The van der Waals surface area contributed by atoms with Crippen LogP contribution in [-0.4, -0.2) is 18.8 Å². The average Bonchev–Trinajstić information content (AvgIpc) is 2.16. The summed E-state index contributed by atoms with van der Waals surface area (Å²) in [5, 5.41) is 0. The summed E-state index contributed by atoms with van der Waals surface area (Å²) in [6, 6.07) is 0. The Hall–Kier alpha value is -0.725. The van der Waals surface area contributed by atoms with E-state index >= 15 is 0 Å². The quantitative estimate of drug-likeness (QED) is 0.401. The minimum Gasteiger partial charge on any atom is -0.460 e. The molecule has 0 amide bonds. The molecule has 0 heterocycles. The molecule has 0 aliphatic rings. The second kappa shape index (κ2) is 6.27. The average molecular weight is 238 g/mol. The van der Waals surface area contributed by atoms with Crippen molar-refractivity contribution in [3.63, 3.8) is 0 Å². The molecule has 17 heavy (non-hydrogen) atoms. The molecule has 0 spiro atoms. The van der Waals surface area contributed by atoms with Crippen LogP contribution in [0.5, 0.6) is 0 Å². The van der Waals surface area contributed by atoms with Gasteiger partial charge in [-0.1, -0.05) is 39.6 Å². The molecule has 0 aromatic heterocycles. The lowest BCUT2D eigenvalue weighted by atomic mass is 9.55. The lowest BCUT2D eigenvalue weighted by molar-refractivity contribution is -0.164. The maximum absolute atomic E-state index is 12.0. The van der Waals surface area contributed by atoms with Crippen molar-refractivity contribution in [1.29, 1.82) is 0 Å². The molecule has 0 bridgehead atoms. The van der Waals surface area contributed by atoms with E-state index in [0.29, 0.717) is 5.82 Å². The molecule has 0 aliphatic heterocycles. The molecule has 3 heteroatoms. The van der Waals surface area contributed by atoms with Gasteiger partial charge in [0.05, 0.1) is 5.41 Å². The number of hydrogen-bond acceptors (Lipinski definition) is 2. The fourth-order valence-electron chi connectivity index (χ4n) is 1.55. The Kier molecular flexibility index (Phi) is 6.01. The number of esters is 1. The first kappa shape index (κ1) is 16.3. The predicted octanol–water partition coefficient (Wildman–Crippen LogP) is 3.59. The van der Waals surface area contributed by atoms with E-state index in [1.54, 1.807) is 0 Å². The van der Waals surface area contributed by atoms with E-state index in [1.165, 1.54) is 0 Å². The topological polar surface area (TPSA) is 26.3 Å². The van der Waals surface area contributed by atoms with E-state index in [4.69, 9.17) is 4.74 Å². The molecule has 0 aromatic rings. The second-order valence-electron chi connectivity index (χ2n) is 6.33. The number of allylic oxidation sites excluding steroid dienone is 1. The lowest BCUT2D eigenvalue weighted by Gasteiger charge is -2.29. The summed E-state index contributed by atoms with van der Waals surface area (Å²) in [6.45, 7) is 15.6. The summed E-state index contributed by atoms with van der Waals surface area (Å²) in [4.78, 5) is 12.0. The highest BCUT2D eigenvalue weighted by molar-refractivity contribution is 6.39. The summed E-state index contributed by atoms with van der Waals surface area (Å²) in [5.74, 6) is 0.389. The highest BCUT2D eigenvalue weighted by Crippen LogP contribution is 2.28. The van der Waals surface area contributed by atoms with Crippen LogP contribution in [0.15, 0.2) is 12.7 Å². The van der Waals surface area contributed by atoms with Gasteiger partial charge in [0, 0.05) is 0 Å². The van der Waals surface area contributed by atoms with Gasteiger partial charge in [0.15, 0.2) is 0 Å². The number of carbonyl (C=O) groups is 1. The highest BCUT2D eigenvalue weighted by atomic mass is 16.6. The van der Waals surface area contributed by atoms with Crippen LogP contribution in [0.1, 0.15) is 48.0 Å². The standard InChI is InChI=1S/C14H27BO2/c1-8-11(9-2)15-10-14(6,7)12(16)17-13(3,4)5/h8,11,15H,1,9-10H2,2-7H3. The van der Waals surface area contributed by atoms with Gasteiger partial charge < -0.3 is 4.74 Å². The van der Waals surface area contributed by atoms with Gasteiger partial charge in [-0.2, -0.15) is 0 Å². The Morgan fingerprint density at radius 2 is 1.88 bits per heavy atom. The van der Waals surface area contributed by atoms with Gasteiger partial charge in [-0.3, -0.25) is 4.79 Å². The molecule has 0 aliphatic carbocycles. The van der Waals surface area contributed by atoms with E-state index in [0.717, 1.165) is 20.0 Å². The van der Waals surface area contributed by atoms with Crippen molar-refractivity contribution in [1.82, 2.24) is 0 Å². The molecule has 0 fully saturated rings. The van der Waals surface area contributed by atoms with E-state index in [9.17, 15) is 4.79 Å². The Bertz CT molecular complexity index is 264. The van der Waals surface area contributed by atoms with Crippen LogP contribution in [0.2, 0.25) is 12.1 Å². The molecule has 0 saturated heterocycles. The molecule has 2 nitrogen and oxygen atoms in total. The van der Waals surface area contributed by atoms with Crippen LogP contribution in [0.3, 0.4) is 0 Å². The van der Waals surface area contributed by atoms with Crippen molar-refractivity contribution in [3.8, 4) is 0 Å². The monoisotopic (exact) mass is 238 g/mol. The summed E-state index contributed by atoms with van der Waals surface area (Å²) in [5.41, 5.74) is -0.819. The molecule has 1 unspecified atom stereocenters. The van der Waals surface area contributed by atoms with Gasteiger partial charge in [0.25, 0.3) is 0 Å². The predicted molar refractivity (Wildman–Crippen MR) is 75.8 cm³/mol. The third kappa shape index (κ3) is 6.55. The van der Waals surface area contributed by atoms with Crippen LogP contribution in [0.4, 0.5) is 0 Å². The van der Waals surface area contributed by atoms with Crippen LogP contribution < -0.4 is 0 Å². The summed E-state index contributed by atoms with van der Waals surface area (Å²) < 4.78 is 5.44. The highest BCUT2D eigenvalue weighted by Gasteiger charge is 2.32. The zero-order valence-corrected chi connectivity index (χ0v) is 12.3. The van der Waals surface area contributed by atoms with Crippen molar-refractivity contribution in [2.75, 3.05) is 0 Å². The minimum absolute atomic E-state index is 0.107. The third-order valence-corrected chi connectivity index (χ3v) is 2.95.